The van der Waals surface area contributed by atoms with Crippen LogP contribution < -0.4 is 10.9 Å². The topological polar surface area (TPSA) is 157 Å². The van der Waals surface area contributed by atoms with Crippen molar-refractivity contribution in [3.8, 4) is 0 Å². The number of nitrogens with one attached hydrogen (secondary N) is 1. The highest BCUT2D eigenvalue weighted by molar-refractivity contribution is 5.99. The number of benzene rings is 1. The number of carbonyl (C=O) groups is 2. The molecule has 2 rings (SSSR count). The lowest BCUT2D eigenvalue weighted by Gasteiger charge is -2.26. The van der Waals surface area contributed by atoms with Crippen LogP contribution in [0.15, 0.2) is 27.4 Å². The first-order chi connectivity index (χ1) is 12.7. The molecule has 2 aromatic rings. The van der Waals surface area contributed by atoms with Crippen LogP contribution in [0.2, 0.25) is 0 Å². The number of hydrogen-bond donors (Lipinski definition) is 5. The molecule has 1 heterocycles. The Morgan fingerprint density at radius 1 is 1.26 bits per heavy atom. The van der Waals surface area contributed by atoms with Crippen LogP contribution in [0.1, 0.15) is 22.8 Å². The fraction of sp³-hybridized carbons (Fsp3) is 0.389. The van der Waals surface area contributed by atoms with E-state index in [9.17, 15) is 29.7 Å². The number of carbonyl (C=O) groups excluding carboxylic acids is 2. The van der Waals surface area contributed by atoms with Crippen LogP contribution in [0.25, 0.3) is 11.0 Å². The van der Waals surface area contributed by atoms with Crippen LogP contribution in [-0.2, 0) is 4.79 Å². The van der Waals surface area contributed by atoms with Crippen LogP contribution >= 0.6 is 0 Å². The molecule has 0 unspecified atom stereocenters. The standard InChI is InChI=1S/C18H21NO8/c1-8-11-4-3-10(5-14(11)27-18(26)15(8)9(2)22)19-12(6-20)16(24)17(25)13(23)7-21/h3-6,12-13,16-17,19,21,23-25H,7H2,1-2H3/t12-,13+,16+,17+/m1/s1. The van der Waals surface area contributed by atoms with Gasteiger partial charge >= 0.3 is 5.63 Å². The zero-order valence-electron chi connectivity index (χ0n) is 14.7. The van der Waals surface area contributed by atoms with Gasteiger partial charge in [-0.2, -0.15) is 0 Å². The van der Waals surface area contributed by atoms with Crippen molar-refractivity contribution in [2.75, 3.05) is 11.9 Å². The molecule has 27 heavy (non-hydrogen) atoms. The number of rotatable bonds is 8. The number of fused-ring (bicyclic) bond motifs is 1. The number of anilines is 1. The van der Waals surface area contributed by atoms with Gasteiger partial charge in [0.05, 0.1) is 6.61 Å². The van der Waals surface area contributed by atoms with Crippen molar-refractivity contribution in [3.05, 3.63) is 39.7 Å². The first-order valence-corrected chi connectivity index (χ1v) is 8.16. The number of Topliss-reactive ketones (excluding diaryl/α,β-unsaturated/α-hetero) is 1. The maximum absolute atomic E-state index is 12.0. The number of aliphatic hydroxyl groups is 4. The molecule has 1 aromatic heterocycles. The Labute approximate surface area is 153 Å². The van der Waals surface area contributed by atoms with E-state index < -0.39 is 42.4 Å². The number of hydrogen-bond acceptors (Lipinski definition) is 9. The van der Waals surface area contributed by atoms with E-state index in [2.05, 4.69) is 5.32 Å². The van der Waals surface area contributed by atoms with Crippen LogP contribution in [0.3, 0.4) is 0 Å². The van der Waals surface area contributed by atoms with Gasteiger partial charge in [-0.1, -0.05) is 0 Å². The third kappa shape index (κ3) is 4.22. The SMILES string of the molecule is CC(=O)c1c(C)c2ccc(N[C@H](C=O)[C@H](O)[C@@H](O)[C@@H](O)CO)cc2oc1=O. The summed E-state index contributed by atoms with van der Waals surface area (Å²) in [5.41, 5.74) is 0.113. The summed E-state index contributed by atoms with van der Waals surface area (Å²) in [6, 6.07) is 3.22. The van der Waals surface area contributed by atoms with Gasteiger partial charge in [0.15, 0.2) is 5.78 Å². The van der Waals surface area contributed by atoms with E-state index in [1.807, 2.05) is 0 Å². The molecule has 4 atom stereocenters. The summed E-state index contributed by atoms with van der Waals surface area (Å²) in [6.45, 7) is 2.10. The van der Waals surface area contributed by atoms with Gasteiger partial charge in [-0.05, 0) is 31.5 Å². The molecule has 0 fully saturated rings. The predicted octanol–water partition coefficient (Wildman–Crippen LogP) is -0.642. The van der Waals surface area contributed by atoms with Crippen LogP contribution in [-0.4, -0.2) is 63.5 Å². The van der Waals surface area contributed by atoms with Crippen molar-refractivity contribution in [2.45, 2.75) is 38.2 Å². The van der Waals surface area contributed by atoms with Gasteiger partial charge in [0.2, 0.25) is 0 Å². The zero-order chi connectivity index (χ0) is 20.3. The minimum atomic E-state index is -1.75. The maximum Gasteiger partial charge on any atom is 0.347 e. The molecule has 0 saturated carbocycles. The molecule has 9 heteroatoms. The maximum atomic E-state index is 12.0. The quantitative estimate of drug-likeness (QED) is 0.228. The Hall–Kier alpha value is -2.59. The molecule has 0 aliphatic rings. The molecule has 0 spiro atoms. The summed E-state index contributed by atoms with van der Waals surface area (Å²) in [5.74, 6) is -0.411. The average Bonchev–Trinajstić information content (AvgIpc) is 2.63. The van der Waals surface area contributed by atoms with Gasteiger partial charge in [-0.15, -0.1) is 0 Å². The molecule has 0 aliphatic heterocycles. The molecule has 0 amide bonds. The zero-order valence-corrected chi connectivity index (χ0v) is 14.7. The fourth-order valence-electron chi connectivity index (χ4n) is 2.79. The minimum absolute atomic E-state index is 0.0366. The van der Waals surface area contributed by atoms with E-state index in [0.717, 1.165) is 0 Å². The molecule has 9 nitrogen and oxygen atoms in total. The Kier molecular flexibility index (Phi) is 6.45. The van der Waals surface area contributed by atoms with E-state index in [4.69, 9.17) is 9.52 Å². The highest BCUT2D eigenvalue weighted by atomic mass is 16.4. The summed E-state index contributed by atoms with van der Waals surface area (Å²) in [7, 11) is 0. The first-order valence-electron chi connectivity index (χ1n) is 8.16. The van der Waals surface area contributed by atoms with Gasteiger partial charge in [0, 0.05) is 17.1 Å². The monoisotopic (exact) mass is 379 g/mol. The highest BCUT2D eigenvalue weighted by Crippen LogP contribution is 2.24. The summed E-state index contributed by atoms with van der Waals surface area (Å²) in [4.78, 5) is 34.9. The van der Waals surface area contributed by atoms with Crippen molar-refractivity contribution in [2.24, 2.45) is 0 Å². The highest BCUT2D eigenvalue weighted by Gasteiger charge is 2.31. The summed E-state index contributed by atoms with van der Waals surface area (Å²) in [5, 5.41) is 41.2. The van der Waals surface area contributed by atoms with Gasteiger partial charge < -0.3 is 35.0 Å². The number of aryl methyl sites for hydroxylation is 1. The molecule has 1 aromatic carbocycles. The van der Waals surface area contributed by atoms with E-state index in [0.29, 0.717) is 22.9 Å². The van der Waals surface area contributed by atoms with Crippen molar-refractivity contribution in [1.29, 1.82) is 0 Å². The van der Waals surface area contributed by atoms with Crippen LogP contribution in [0, 0.1) is 6.92 Å². The molecule has 0 saturated heterocycles. The molecular formula is C18H21NO8. The normalized spacial score (nSPS) is 15.8. The average molecular weight is 379 g/mol. The Morgan fingerprint density at radius 2 is 1.93 bits per heavy atom. The number of aliphatic hydroxyl groups excluding tert-OH is 4. The third-order valence-corrected chi connectivity index (χ3v) is 4.30. The molecule has 0 aliphatic carbocycles. The number of ketones is 1. The summed E-state index contributed by atoms with van der Waals surface area (Å²) in [6.07, 6.45) is -4.74. The molecule has 0 radical (unpaired) electrons. The van der Waals surface area contributed by atoms with Gasteiger partial charge in [0.1, 0.15) is 41.8 Å². The van der Waals surface area contributed by atoms with Crippen LogP contribution in [0.4, 0.5) is 5.69 Å². The van der Waals surface area contributed by atoms with E-state index in [-0.39, 0.29) is 11.1 Å². The second-order valence-corrected chi connectivity index (χ2v) is 6.19. The molecule has 5 N–H and O–H groups in total. The third-order valence-electron chi connectivity index (χ3n) is 4.30. The van der Waals surface area contributed by atoms with Crippen molar-refractivity contribution in [3.63, 3.8) is 0 Å². The second kappa shape index (κ2) is 8.40. The minimum Gasteiger partial charge on any atom is -0.422 e. The lowest BCUT2D eigenvalue weighted by Crippen LogP contribution is -2.49. The van der Waals surface area contributed by atoms with Crippen molar-refractivity contribution >= 4 is 28.7 Å². The lowest BCUT2D eigenvalue weighted by atomic mass is 10.0. The predicted molar refractivity (Wildman–Crippen MR) is 95.8 cm³/mol. The van der Waals surface area contributed by atoms with Crippen LogP contribution in [0.5, 0.6) is 0 Å². The largest absolute Gasteiger partial charge is 0.422 e. The fourth-order valence-corrected chi connectivity index (χ4v) is 2.79. The number of aldehydes is 1. The Bertz CT molecular complexity index is 906. The molecule has 146 valence electrons. The smallest absolute Gasteiger partial charge is 0.347 e. The summed E-state index contributed by atoms with van der Waals surface area (Å²) >= 11 is 0. The van der Waals surface area contributed by atoms with E-state index >= 15 is 0 Å². The Balaban J connectivity index is 2.36. The van der Waals surface area contributed by atoms with E-state index in [1.165, 1.54) is 19.1 Å². The molecular weight excluding hydrogens is 358 g/mol. The lowest BCUT2D eigenvalue weighted by molar-refractivity contribution is -0.117. The first kappa shape index (κ1) is 20.7. The van der Waals surface area contributed by atoms with Crippen molar-refractivity contribution < 1.29 is 34.4 Å². The van der Waals surface area contributed by atoms with Crippen molar-refractivity contribution in [1.82, 2.24) is 0 Å². The Morgan fingerprint density at radius 3 is 2.48 bits per heavy atom. The van der Waals surface area contributed by atoms with Gasteiger partial charge in [0.25, 0.3) is 0 Å². The van der Waals surface area contributed by atoms with Gasteiger partial charge in [-0.25, -0.2) is 4.79 Å². The summed E-state index contributed by atoms with van der Waals surface area (Å²) < 4.78 is 5.16. The second-order valence-electron chi connectivity index (χ2n) is 6.19. The van der Waals surface area contributed by atoms with E-state index in [1.54, 1.807) is 13.0 Å². The van der Waals surface area contributed by atoms with Gasteiger partial charge in [-0.3, -0.25) is 4.79 Å². The molecule has 0 bridgehead atoms.